The smallest absolute Gasteiger partial charge is 0.0163 e. The van der Waals surface area contributed by atoms with Crippen LogP contribution in [0.1, 0.15) is 26.2 Å². The molecular weight excluding hydrogens is 116 g/mol. The minimum Gasteiger partial charge on any atom is -0.155 e. The van der Waals surface area contributed by atoms with Crippen LogP contribution in [0.25, 0.3) is 0 Å². The van der Waals surface area contributed by atoms with Crippen LogP contribution in [0, 0.1) is 5.92 Å². The van der Waals surface area contributed by atoms with Crippen molar-refractivity contribution in [3.8, 4) is 0 Å². The van der Waals surface area contributed by atoms with Crippen molar-refractivity contribution < 1.29 is 0 Å². The van der Waals surface area contributed by atoms with Crippen molar-refractivity contribution in [3.05, 3.63) is 0 Å². The molecule has 0 radical (unpaired) electrons. The van der Waals surface area contributed by atoms with Crippen LogP contribution in [-0.4, -0.2) is 10.5 Å². The lowest BCUT2D eigenvalue weighted by Gasteiger charge is -2.15. The van der Waals surface area contributed by atoms with E-state index in [1.165, 1.54) is 25.0 Å². The Labute approximate surface area is 55.0 Å². The molecule has 2 unspecified atom stereocenters. The van der Waals surface area contributed by atoms with Crippen molar-refractivity contribution in [1.82, 2.24) is 0 Å². The molecule has 2 atom stereocenters. The minimum atomic E-state index is 0.762. The fourth-order valence-corrected chi connectivity index (χ4v) is 3.10. The molecule has 2 fully saturated rings. The third-order valence-corrected chi connectivity index (χ3v) is 4.14. The molecule has 1 saturated carbocycles. The Bertz CT molecular complexity index is 109. The first-order valence-electron chi connectivity index (χ1n) is 3.45. The molecule has 1 aliphatic heterocycles. The van der Waals surface area contributed by atoms with Crippen molar-refractivity contribution >= 4 is 11.8 Å². The molecular formula is C7H12S. The number of rotatable bonds is 0. The number of hydrogen-bond acceptors (Lipinski definition) is 1. The van der Waals surface area contributed by atoms with Crippen LogP contribution in [-0.2, 0) is 0 Å². The van der Waals surface area contributed by atoms with E-state index < -0.39 is 0 Å². The summed E-state index contributed by atoms with van der Waals surface area (Å²) in [6.07, 6.45) is 4.51. The van der Waals surface area contributed by atoms with E-state index in [-0.39, 0.29) is 0 Å². The van der Waals surface area contributed by atoms with Gasteiger partial charge in [0.05, 0.1) is 0 Å². The zero-order valence-corrected chi connectivity index (χ0v) is 6.13. The maximum atomic E-state index is 2.42. The van der Waals surface area contributed by atoms with E-state index in [1.807, 2.05) is 0 Å². The van der Waals surface area contributed by atoms with Crippen LogP contribution >= 0.6 is 11.8 Å². The summed E-state index contributed by atoms with van der Waals surface area (Å²) in [6.45, 7) is 2.42. The summed E-state index contributed by atoms with van der Waals surface area (Å²) in [5.41, 5.74) is 0. The predicted octanol–water partition coefficient (Wildman–Crippen LogP) is 2.29. The highest BCUT2D eigenvalue weighted by molar-refractivity contribution is 8.01. The van der Waals surface area contributed by atoms with Gasteiger partial charge in [-0.15, -0.1) is 0 Å². The molecule has 1 heteroatoms. The molecule has 0 N–H and O–H groups in total. The molecule has 0 aromatic carbocycles. The van der Waals surface area contributed by atoms with Crippen LogP contribution in [0.15, 0.2) is 0 Å². The molecule has 0 aromatic heterocycles. The van der Waals surface area contributed by atoms with Gasteiger partial charge in [0.1, 0.15) is 0 Å². The van der Waals surface area contributed by atoms with Gasteiger partial charge in [-0.1, -0.05) is 6.92 Å². The first-order chi connectivity index (χ1) is 3.81. The Balaban J connectivity index is 2.04. The molecule has 0 spiro atoms. The van der Waals surface area contributed by atoms with Crippen molar-refractivity contribution in [2.45, 2.75) is 30.9 Å². The highest BCUT2D eigenvalue weighted by Crippen LogP contribution is 2.59. The molecule has 1 saturated heterocycles. The average Bonchev–Trinajstić information content (AvgIpc) is 2.39. The normalized spacial score (nSPS) is 52.9. The van der Waals surface area contributed by atoms with Crippen LogP contribution < -0.4 is 0 Å². The largest absolute Gasteiger partial charge is 0.155 e. The summed E-state index contributed by atoms with van der Waals surface area (Å²) < 4.78 is 0.762. The lowest BCUT2D eigenvalue weighted by Crippen LogP contribution is -2.06. The van der Waals surface area contributed by atoms with Crippen molar-refractivity contribution in [2.24, 2.45) is 5.92 Å². The standard InChI is InChI=1S/C7H12S/c1-7-5-6(7)3-2-4-8-7/h6H,2-5H2,1H3. The van der Waals surface area contributed by atoms with Gasteiger partial charge in [0, 0.05) is 4.75 Å². The van der Waals surface area contributed by atoms with Gasteiger partial charge in [-0.05, 0) is 30.9 Å². The monoisotopic (exact) mass is 128 g/mol. The molecule has 0 aromatic rings. The molecule has 1 aliphatic carbocycles. The molecule has 0 bridgehead atoms. The zero-order valence-electron chi connectivity index (χ0n) is 5.31. The van der Waals surface area contributed by atoms with Gasteiger partial charge in [0.25, 0.3) is 0 Å². The zero-order chi connectivity index (χ0) is 5.61. The third-order valence-electron chi connectivity index (χ3n) is 2.48. The highest BCUT2D eigenvalue weighted by Gasteiger charge is 2.51. The lowest BCUT2D eigenvalue weighted by molar-refractivity contribution is 0.661. The summed E-state index contributed by atoms with van der Waals surface area (Å²) in [5, 5.41) is 0. The van der Waals surface area contributed by atoms with Crippen LogP contribution in [0.2, 0.25) is 0 Å². The minimum absolute atomic E-state index is 0.762. The fourth-order valence-electron chi connectivity index (χ4n) is 1.65. The molecule has 0 nitrogen and oxygen atoms in total. The second-order valence-corrected chi connectivity index (χ2v) is 4.83. The second-order valence-electron chi connectivity index (χ2n) is 3.20. The molecule has 0 amide bonds. The van der Waals surface area contributed by atoms with E-state index in [1.54, 1.807) is 0 Å². The first kappa shape index (κ1) is 5.16. The Morgan fingerprint density at radius 1 is 1.62 bits per heavy atom. The van der Waals surface area contributed by atoms with E-state index in [4.69, 9.17) is 0 Å². The lowest BCUT2D eigenvalue weighted by atomic mass is 10.2. The van der Waals surface area contributed by atoms with Gasteiger partial charge in [-0.2, -0.15) is 11.8 Å². The van der Waals surface area contributed by atoms with E-state index in [9.17, 15) is 0 Å². The maximum Gasteiger partial charge on any atom is 0.0163 e. The number of fused-ring (bicyclic) bond motifs is 1. The molecule has 8 heavy (non-hydrogen) atoms. The first-order valence-corrected chi connectivity index (χ1v) is 4.44. The van der Waals surface area contributed by atoms with Crippen LogP contribution in [0.5, 0.6) is 0 Å². The van der Waals surface area contributed by atoms with Gasteiger partial charge in [-0.3, -0.25) is 0 Å². The van der Waals surface area contributed by atoms with Crippen molar-refractivity contribution in [3.63, 3.8) is 0 Å². The summed E-state index contributed by atoms with van der Waals surface area (Å²) in [4.78, 5) is 0. The summed E-state index contributed by atoms with van der Waals surface area (Å²) in [5.74, 6) is 2.54. The van der Waals surface area contributed by atoms with Crippen molar-refractivity contribution in [2.75, 3.05) is 5.75 Å². The molecule has 46 valence electrons. The van der Waals surface area contributed by atoms with Gasteiger partial charge < -0.3 is 0 Å². The Morgan fingerprint density at radius 2 is 2.50 bits per heavy atom. The predicted molar refractivity (Wildman–Crippen MR) is 38.2 cm³/mol. The van der Waals surface area contributed by atoms with Crippen molar-refractivity contribution in [1.29, 1.82) is 0 Å². The summed E-state index contributed by atoms with van der Waals surface area (Å²) >= 11 is 2.19. The third kappa shape index (κ3) is 0.604. The molecule has 2 rings (SSSR count). The number of hydrogen-bond donors (Lipinski definition) is 0. The van der Waals surface area contributed by atoms with Gasteiger partial charge >= 0.3 is 0 Å². The number of thioether (sulfide) groups is 1. The van der Waals surface area contributed by atoms with E-state index >= 15 is 0 Å². The average molecular weight is 128 g/mol. The SMILES string of the molecule is CC12CC1CCCS2. The van der Waals surface area contributed by atoms with Gasteiger partial charge in [0.15, 0.2) is 0 Å². The van der Waals surface area contributed by atoms with Crippen LogP contribution in [0.3, 0.4) is 0 Å². The van der Waals surface area contributed by atoms with E-state index in [0.717, 1.165) is 10.7 Å². The second kappa shape index (κ2) is 1.44. The maximum absolute atomic E-state index is 2.42. The molecule has 2 aliphatic rings. The Morgan fingerprint density at radius 3 is 3.00 bits per heavy atom. The Hall–Kier alpha value is 0.350. The topological polar surface area (TPSA) is 0 Å². The molecule has 1 heterocycles. The van der Waals surface area contributed by atoms with Gasteiger partial charge in [-0.25, -0.2) is 0 Å². The van der Waals surface area contributed by atoms with Gasteiger partial charge in [0.2, 0.25) is 0 Å². The fraction of sp³-hybridized carbons (Fsp3) is 1.00. The highest BCUT2D eigenvalue weighted by atomic mass is 32.2. The van der Waals surface area contributed by atoms with E-state index in [2.05, 4.69) is 18.7 Å². The quantitative estimate of drug-likeness (QED) is 0.482. The summed E-state index contributed by atoms with van der Waals surface area (Å²) in [6, 6.07) is 0. The van der Waals surface area contributed by atoms with Crippen LogP contribution in [0.4, 0.5) is 0 Å². The summed E-state index contributed by atoms with van der Waals surface area (Å²) in [7, 11) is 0. The van der Waals surface area contributed by atoms with E-state index in [0.29, 0.717) is 0 Å². The Kier molecular flexibility index (Phi) is 0.928.